The van der Waals surface area contributed by atoms with E-state index in [0.29, 0.717) is 22.0 Å². The van der Waals surface area contributed by atoms with Gasteiger partial charge in [0.25, 0.3) is 5.91 Å². The summed E-state index contributed by atoms with van der Waals surface area (Å²) >= 11 is 7.31. The molecular weight excluding hydrogens is 292 g/mol. The number of nitrogens with zero attached hydrogens (tertiary/aromatic N) is 1. The Morgan fingerprint density at radius 2 is 2.00 bits per heavy atom. The van der Waals surface area contributed by atoms with Crippen LogP contribution < -0.4 is 5.32 Å². The van der Waals surface area contributed by atoms with Crippen molar-refractivity contribution in [2.24, 2.45) is 0 Å². The summed E-state index contributed by atoms with van der Waals surface area (Å²) in [6.07, 6.45) is 0. The van der Waals surface area contributed by atoms with Crippen LogP contribution in [0, 0.1) is 11.3 Å². The Morgan fingerprint density at radius 3 is 2.65 bits per heavy atom. The molecule has 2 aromatic rings. The lowest BCUT2D eigenvalue weighted by atomic mass is 10.2. The van der Waals surface area contributed by atoms with Gasteiger partial charge in [0.2, 0.25) is 0 Å². The second-order valence-corrected chi connectivity index (χ2v) is 5.42. The van der Waals surface area contributed by atoms with Gasteiger partial charge in [-0.25, -0.2) is 0 Å². The summed E-state index contributed by atoms with van der Waals surface area (Å²) in [5.41, 5.74) is 1.22. The number of hydrogen-bond donors (Lipinski definition) is 1. The zero-order valence-electron chi connectivity index (χ0n) is 10.5. The van der Waals surface area contributed by atoms with Gasteiger partial charge < -0.3 is 5.32 Å². The van der Waals surface area contributed by atoms with E-state index in [-0.39, 0.29) is 5.91 Å². The molecule has 0 aromatic heterocycles. The highest BCUT2D eigenvalue weighted by Gasteiger charge is 2.06. The molecule has 2 rings (SSSR count). The molecular formula is C15H11ClN2OS. The van der Waals surface area contributed by atoms with Crippen LogP contribution >= 0.6 is 23.4 Å². The van der Waals surface area contributed by atoms with Crippen LogP contribution in [0.5, 0.6) is 0 Å². The minimum Gasteiger partial charge on any atom is -0.322 e. The van der Waals surface area contributed by atoms with E-state index in [0.717, 1.165) is 4.90 Å². The van der Waals surface area contributed by atoms with E-state index in [1.165, 1.54) is 11.8 Å². The fraction of sp³-hybridized carbons (Fsp3) is 0.0667. The van der Waals surface area contributed by atoms with E-state index >= 15 is 0 Å². The summed E-state index contributed by atoms with van der Waals surface area (Å²) < 4.78 is 0. The SMILES string of the molecule is N#CCSc1ccc(NC(=O)c2cccc(Cl)c2)cc1. The third-order valence-electron chi connectivity index (χ3n) is 2.50. The molecule has 0 atom stereocenters. The summed E-state index contributed by atoms with van der Waals surface area (Å²) in [5, 5.41) is 11.8. The molecule has 3 nitrogen and oxygen atoms in total. The van der Waals surface area contributed by atoms with Gasteiger partial charge in [-0.15, -0.1) is 11.8 Å². The van der Waals surface area contributed by atoms with Crippen LogP contribution in [0.4, 0.5) is 5.69 Å². The summed E-state index contributed by atoms with van der Waals surface area (Å²) in [4.78, 5) is 13.0. The zero-order valence-corrected chi connectivity index (χ0v) is 12.0. The van der Waals surface area contributed by atoms with Gasteiger partial charge in [-0.05, 0) is 42.5 Å². The molecule has 0 aliphatic heterocycles. The molecule has 0 heterocycles. The maximum absolute atomic E-state index is 12.0. The smallest absolute Gasteiger partial charge is 0.255 e. The summed E-state index contributed by atoms with van der Waals surface area (Å²) in [6, 6.07) is 16.2. The van der Waals surface area contributed by atoms with Gasteiger partial charge >= 0.3 is 0 Å². The maximum atomic E-state index is 12.0. The van der Waals surface area contributed by atoms with Crippen molar-refractivity contribution in [2.45, 2.75) is 4.90 Å². The normalized spacial score (nSPS) is 9.80. The van der Waals surface area contributed by atoms with E-state index in [9.17, 15) is 4.79 Å². The first-order chi connectivity index (χ1) is 9.69. The van der Waals surface area contributed by atoms with E-state index in [1.54, 1.807) is 24.3 Å². The number of rotatable bonds is 4. The third-order valence-corrected chi connectivity index (χ3v) is 3.62. The first-order valence-electron chi connectivity index (χ1n) is 5.86. The second kappa shape index (κ2) is 6.99. The highest BCUT2D eigenvalue weighted by Crippen LogP contribution is 2.20. The lowest BCUT2D eigenvalue weighted by Gasteiger charge is -2.06. The van der Waals surface area contributed by atoms with Crippen LogP contribution in [0.15, 0.2) is 53.4 Å². The highest BCUT2D eigenvalue weighted by molar-refractivity contribution is 7.99. The number of amides is 1. The van der Waals surface area contributed by atoms with Crippen LogP contribution in [0.1, 0.15) is 10.4 Å². The summed E-state index contributed by atoms with van der Waals surface area (Å²) in [7, 11) is 0. The van der Waals surface area contributed by atoms with Crippen LogP contribution in [0.25, 0.3) is 0 Å². The van der Waals surface area contributed by atoms with E-state index in [1.807, 2.05) is 24.3 Å². The highest BCUT2D eigenvalue weighted by atomic mass is 35.5. The number of benzene rings is 2. The third kappa shape index (κ3) is 4.02. The van der Waals surface area contributed by atoms with E-state index in [2.05, 4.69) is 11.4 Å². The lowest BCUT2D eigenvalue weighted by molar-refractivity contribution is 0.102. The number of hydrogen-bond acceptors (Lipinski definition) is 3. The molecule has 0 saturated heterocycles. The predicted molar refractivity (Wildman–Crippen MR) is 82.2 cm³/mol. The standard InChI is InChI=1S/C15H11ClN2OS/c16-12-3-1-2-11(10-12)15(19)18-13-4-6-14(7-5-13)20-9-8-17/h1-7,10H,9H2,(H,18,19). The second-order valence-electron chi connectivity index (χ2n) is 3.94. The molecule has 0 radical (unpaired) electrons. The van der Waals surface area contributed by atoms with Crippen molar-refractivity contribution in [3.05, 3.63) is 59.1 Å². The molecule has 20 heavy (non-hydrogen) atoms. The van der Waals surface area contributed by atoms with Crippen molar-refractivity contribution in [1.82, 2.24) is 0 Å². The van der Waals surface area contributed by atoms with Crippen LogP contribution in [0.2, 0.25) is 5.02 Å². The van der Waals surface area contributed by atoms with Crippen molar-refractivity contribution in [1.29, 1.82) is 5.26 Å². The molecule has 0 fully saturated rings. The Balaban J connectivity index is 2.03. The van der Waals surface area contributed by atoms with Gasteiger partial charge in [0.1, 0.15) is 0 Å². The minimum absolute atomic E-state index is 0.204. The quantitative estimate of drug-likeness (QED) is 0.861. The molecule has 100 valence electrons. The first kappa shape index (κ1) is 14.4. The molecule has 0 unspecified atom stereocenters. The molecule has 0 aliphatic carbocycles. The number of nitriles is 1. The number of anilines is 1. The molecule has 1 N–H and O–H groups in total. The molecule has 0 bridgehead atoms. The van der Waals surface area contributed by atoms with Gasteiger partial charge in [0.05, 0.1) is 11.8 Å². The molecule has 1 amide bonds. The van der Waals surface area contributed by atoms with Crippen LogP contribution in [0.3, 0.4) is 0 Å². The average molecular weight is 303 g/mol. The average Bonchev–Trinajstić information content (AvgIpc) is 2.46. The van der Waals surface area contributed by atoms with Crippen molar-refractivity contribution in [3.63, 3.8) is 0 Å². The molecule has 0 saturated carbocycles. The molecule has 0 aliphatic rings. The van der Waals surface area contributed by atoms with E-state index < -0.39 is 0 Å². The fourth-order valence-corrected chi connectivity index (χ4v) is 2.33. The predicted octanol–water partition coefficient (Wildman–Crippen LogP) is 4.21. The summed E-state index contributed by atoms with van der Waals surface area (Å²) in [5.74, 6) is 0.207. The first-order valence-corrected chi connectivity index (χ1v) is 7.22. The van der Waals surface area contributed by atoms with Gasteiger partial charge in [-0.3, -0.25) is 4.79 Å². The number of halogens is 1. The van der Waals surface area contributed by atoms with Gasteiger partial charge in [0, 0.05) is 21.2 Å². The number of carbonyl (C=O) groups excluding carboxylic acids is 1. The topological polar surface area (TPSA) is 52.9 Å². The maximum Gasteiger partial charge on any atom is 0.255 e. The minimum atomic E-state index is -0.204. The molecule has 0 spiro atoms. The lowest BCUT2D eigenvalue weighted by Crippen LogP contribution is -2.11. The summed E-state index contributed by atoms with van der Waals surface area (Å²) in [6.45, 7) is 0. The van der Waals surface area contributed by atoms with E-state index in [4.69, 9.17) is 16.9 Å². The number of thioether (sulfide) groups is 1. The largest absolute Gasteiger partial charge is 0.322 e. The van der Waals surface area contributed by atoms with Crippen molar-refractivity contribution in [3.8, 4) is 6.07 Å². The Kier molecular flexibility index (Phi) is 5.05. The van der Waals surface area contributed by atoms with Crippen molar-refractivity contribution >= 4 is 35.0 Å². The van der Waals surface area contributed by atoms with Crippen LogP contribution in [-0.4, -0.2) is 11.7 Å². The molecule has 5 heteroatoms. The zero-order chi connectivity index (χ0) is 14.4. The molecule has 2 aromatic carbocycles. The van der Waals surface area contributed by atoms with Gasteiger partial charge in [-0.2, -0.15) is 5.26 Å². The monoisotopic (exact) mass is 302 g/mol. The van der Waals surface area contributed by atoms with Crippen molar-refractivity contribution < 1.29 is 4.79 Å². The van der Waals surface area contributed by atoms with Crippen LogP contribution in [-0.2, 0) is 0 Å². The Morgan fingerprint density at radius 1 is 1.25 bits per heavy atom. The van der Waals surface area contributed by atoms with Gasteiger partial charge in [0.15, 0.2) is 0 Å². The Hall–Kier alpha value is -1.96. The van der Waals surface area contributed by atoms with Gasteiger partial charge in [-0.1, -0.05) is 17.7 Å². The Bertz CT molecular complexity index is 650. The fourth-order valence-electron chi connectivity index (χ4n) is 1.58. The Labute approximate surface area is 126 Å². The van der Waals surface area contributed by atoms with Crippen molar-refractivity contribution in [2.75, 3.05) is 11.1 Å². The number of nitrogens with one attached hydrogen (secondary N) is 1. The number of carbonyl (C=O) groups is 1.